The molecule has 0 unspecified atom stereocenters. The van der Waals surface area contributed by atoms with Gasteiger partial charge in [0.2, 0.25) is 0 Å². The van der Waals surface area contributed by atoms with Crippen LogP contribution in [-0.4, -0.2) is 41.9 Å². The van der Waals surface area contributed by atoms with Gasteiger partial charge in [-0.3, -0.25) is 0 Å². The fraction of sp³-hybridized carbons (Fsp3) is 0.611. The number of ether oxygens (including phenoxy) is 1. The number of esters is 1. The summed E-state index contributed by atoms with van der Waals surface area (Å²) in [5.74, 6) is -0.805. The molecule has 0 aromatic heterocycles. The van der Waals surface area contributed by atoms with Crippen molar-refractivity contribution in [1.82, 2.24) is 9.80 Å². The zero-order chi connectivity index (χ0) is 15.0. The molecule has 4 heteroatoms. The Morgan fingerprint density at radius 2 is 1.36 bits per heavy atom. The van der Waals surface area contributed by atoms with E-state index in [2.05, 4.69) is 15.9 Å². The van der Waals surface area contributed by atoms with Crippen LogP contribution in [-0.2, 0) is 10.6 Å². The quantitative estimate of drug-likeness (QED) is 0.786. The molecule has 3 aliphatic rings. The maximum atomic E-state index is 12.5. The summed E-state index contributed by atoms with van der Waals surface area (Å²) < 4.78 is 6.11. The zero-order valence-corrected chi connectivity index (χ0v) is 13.1. The predicted octanol–water partition coefficient (Wildman–Crippen LogP) is 2.94. The van der Waals surface area contributed by atoms with Gasteiger partial charge in [0, 0.05) is 31.7 Å². The lowest BCUT2D eigenvalue weighted by molar-refractivity contribution is -0.226. The maximum Gasteiger partial charge on any atom is 0.341 e. The van der Waals surface area contributed by atoms with Gasteiger partial charge in [0.15, 0.2) is 0 Å². The number of hydrogen-bond donors (Lipinski definition) is 0. The molecule has 1 aromatic carbocycles. The molecule has 0 spiro atoms. The highest BCUT2D eigenvalue weighted by Gasteiger charge is 2.54. The molecule has 0 N–H and O–H groups in total. The van der Waals surface area contributed by atoms with Crippen LogP contribution in [0.3, 0.4) is 0 Å². The Bertz CT molecular complexity index is 542. The van der Waals surface area contributed by atoms with E-state index in [1.165, 1.54) is 38.5 Å². The molecular formula is C18H24N2O2. The van der Waals surface area contributed by atoms with Gasteiger partial charge in [0.1, 0.15) is 0 Å². The molecule has 22 heavy (non-hydrogen) atoms. The van der Waals surface area contributed by atoms with Gasteiger partial charge < -0.3 is 4.74 Å². The van der Waals surface area contributed by atoms with Crippen molar-refractivity contribution in [3.8, 4) is 0 Å². The van der Waals surface area contributed by atoms with Gasteiger partial charge in [-0.2, -0.15) is 0 Å². The summed E-state index contributed by atoms with van der Waals surface area (Å²) >= 11 is 0. The van der Waals surface area contributed by atoms with Gasteiger partial charge in [-0.1, -0.05) is 31.0 Å². The van der Waals surface area contributed by atoms with Gasteiger partial charge in [-0.15, -0.1) is 0 Å². The number of likely N-dealkylation sites (tertiary alicyclic amines) is 2. The van der Waals surface area contributed by atoms with Crippen molar-refractivity contribution in [2.24, 2.45) is 0 Å². The molecule has 2 fully saturated rings. The summed E-state index contributed by atoms with van der Waals surface area (Å²) in [6.07, 6.45) is 7.32. The minimum absolute atomic E-state index is 0.160. The van der Waals surface area contributed by atoms with Crippen LogP contribution in [0.15, 0.2) is 24.3 Å². The third kappa shape index (κ3) is 2.09. The summed E-state index contributed by atoms with van der Waals surface area (Å²) in [4.78, 5) is 17.3. The van der Waals surface area contributed by atoms with Crippen LogP contribution in [0.2, 0.25) is 0 Å². The Labute approximate surface area is 132 Å². The Kier molecular flexibility index (Phi) is 3.66. The molecule has 0 radical (unpaired) electrons. The second kappa shape index (κ2) is 5.67. The van der Waals surface area contributed by atoms with E-state index >= 15 is 0 Å². The highest BCUT2D eigenvalue weighted by molar-refractivity contribution is 5.94. The lowest BCUT2D eigenvalue weighted by Crippen LogP contribution is -2.60. The van der Waals surface area contributed by atoms with Crippen LogP contribution in [0.25, 0.3) is 0 Å². The molecule has 4 nitrogen and oxygen atoms in total. The number of benzene rings is 1. The fourth-order valence-electron chi connectivity index (χ4n) is 4.25. The first-order chi connectivity index (χ1) is 10.8. The summed E-state index contributed by atoms with van der Waals surface area (Å²) in [5, 5.41) is 0. The average Bonchev–Trinajstić information content (AvgIpc) is 2.91. The molecule has 4 rings (SSSR count). The first-order valence-corrected chi connectivity index (χ1v) is 8.65. The molecule has 3 aliphatic heterocycles. The third-order valence-corrected chi connectivity index (χ3v) is 5.30. The van der Waals surface area contributed by atoms with Crippen LogP contribution in [0, 0.1) is 0 Å². The standard InChI is InChI=1S/C18H24N2O2/c21-17-15-9-3-4-10-16(15)18(22-17,19-11-5-1-6-12-19)20-13-7-2-8-14-20/h3-4,9-10H,1-2,5-8,11-14H2. The number of carbonyl (C=O) groups excluding carboxylic acids is 1. The van der Waals surface area contributed by atoms with Gasteiger partial charge in [-0.25, -0.2) is 14.6 Å². The number of fused-ring (bicyclic) bond motifs is 1. The predicted molar refractivity (Wildman–Crippen MR) is 84.4 cm³/mol. The monoisotopic (exact) mass is 300 g/mol. The highest BCUT2D eigenvalue weighted by Crippen LogP contribution is 2.44. The summed E-state index contributed by atoms with van der Waals surface area (Å²) in [7, 11) is 0. The first kappa shape index (κ1) is 14.2. The molecule has 0 amide bonds. The Morgan fingerprint density at radius 3 is 1.95 bits per heavy atom. The maximum absolute atomic E-state index is 12.5. The Hall–Kier alpha value is -1.39. The fourth-order valence-corrected chi connectivity index (χ4v) is 4.25. The van der Waals surface area contributed by atoms with Gasteiger partial charge in [0.05, 0.1) is 5.56 Å². The minimum Gasteiger partial charge on any atom is -0.422 e. The molecule has 0 atom stereocenters. The molecule has 0 saturated carbocycles. The molecule has 0 aliphatic carbocycles. The number of cyclic esters (lactones) is 1. The van der Waals surface area contributed by atoms with Crippen LogP contribution >= 0.6 is 0 Å². The normalized spacial score (nSPS) is 25.7. The van der Waals surface area contributed by atoms with E-state index in [0.717, 1.165) is 37.3 Å². The lowest BCUT2D eigenvalue weighted by atomic mass is 9.98. The summed E-state index contributed by atoms with van der Waals surface area (Å²) in [6, 6.07) is 7.96. The highest BCUT2D eigenvalue weighted by atomic mass is 16.6. The van der Waals surface area contributed by atoms with Crippen molar-refractivity contribution in [3.63, 3.8) is 0 Å². The van der Waals surface area contributed by atoms with Gasteiger partial charge >= 0.3 is 5.97 Å². The number of carbonyl (C=O) groups is 1. The molecule has 118 valence electrons. The van der Waals surface area contributed by atoms with Crippen molar-refractivity contribution >= 4 is 5.97 Å². The first-order valence-electron chi connectivity index (χ1n) is 8.65. The Balaban J connectivity index is 1.80. The second-order valence-electron chi connectivity index (χ2n) is 6.64. The largest absolute Gasteiger partial charge is 0.422 e. The van der Waals surface area contributed by atoms with E-state index in [-0.39, 0.29) is 5.97 Å². The van der Waals surface area contributed by atoms with Crippen molar-refractivity contribution in [2.75, 3.05) is 26.2 Å². The van der Waals surface area contributed by atoms with Crippen LogP contribution in [0.4, 0.5) is 0 Å². The van der Waals surface area contributed by atoms with E-state index < -0.39 is 5.85 Å². The summed E-state index contributed by atoms with van der Waals surface area (Å²) in [5.41, 5.74) is 1.81. The van der Waals surface area contributed by atoms with Crippen molar-refractivity contribution in [3.05, 3.63) is 35.4 Å². The zero-order valence-electron chi connectivity index (χ0n) is 13.1. The van der Waals surface area contributed by atoms with Crippen molar-refractivity contribution in [2.45, 2.75) is 44.4 Å². The Morgan fingerprint density at radius 1 is 0.818 bits per heavy atom. The number of rotatable bonds is 2. The smallest absolute Gasteiger partial charge is 0.341 e. The number of nitrogens with zero attached hydrogens (tertiary/aromatic N) is 2. The van der Waals surface area contributed by atoms with E-state index in [0.29, 0.717) is 0 Å². The average molecular weight is 300 g/mol. The van der Waals surface area contributed by atoms with Crippen molar-refractivity contribution in [1.29, 1.82) is 0 Å². The van der Waals surface area contributed by atoms with Crippen LogP contribution in [0.5, 0.6) is 0 Å². The molecule has 1 aromatic rings. The van der Waals surface area contributed by atoms with E-state index in [9.17, 15) is 4.79 Å². The number of hydrogen-bond acceptors (Lipinski definition) is 4. The number of piperidine rings is 2. The lowest BCUT2D eigenvalue weighted by Gasteiger charge is -2.49. The van der Waals surface area contributed by atoms with Crippen LogP contribution in [0.1, 0.15) is 54.4 Å². The molecular weight excluding hydrogens is 276 g/mol. The van der Waals surface area contributed by atoms with Crippen LogP contribution < -0.4 is 0 Å². The summed E-state index contributed by atoms with van der Waals surface area (Å²) in [6.45, 7) is 4.05. The SMILES string of the molecule is O=C1OC(N2CCCCC2)(N2CCCCC2)c2ccccc21. The van der Waals surface area contributed by atoms with E-state index in [1.54, 1.807) is 0 Å². The second-order valence-corrected chi connectivity index (χ2v) is 6.64. The third-order valence-electron chi connectivity index (χ3n) is 5.30. The van der Waals surface area contributed by atoms with Crippen molar-refractivity contribution < 1.29 is 9.53 Å². The molecule has 3 heterocycles. The van der Waals surface area contributed by atoms with Gasteiger partial charge in [0.25, 0.3) is 5.85 Å². The van der Waals surface area contributed by atoms with Gasteiger partial charge in [-0.05, 0) is 31.7 Å². The van der Waals surface area contributed by atoms with E-state index in [4.69, 9.17) is 4.74 Å². The topological polar surface area (TPSA) is 32.8 Å². The molecule has 2 saturated heterocycles. The molecule has 0 bridgehead atoms. The van der Waals surface area contributed by atoms with E-state index in [1.807, 2.05) is 18.2 Å². The minimum atomic E-state index is -0.644.